The van der Waals surface area contributed by atoms with Crippen molar-refractivity contribution in [1.82, 2.24) is 10.6 Å². The first-order valence-electron chi connectivity index (χ1n) is 12.3. The molecule has 6 nitrogen and oxygen atoms in total. The number of aryl methyl sites for hydroxylation is 1. The highest BCUT2D eigenvalue weighted by Crippen LogP contribution is 2.13. The molecule has 192 valence electrons. The lowest BCUT2D eigenvalue weighted by Gasteiger charge is -2.25. The molecule has 0 heterocycles. The van der Waals surface area contributed by atoms with Crippen molar-refractivity contribution in [1.29, 1.82) is 0 Å². The van der Waals surface area contributed by atoms with Gasteiger partial charge in [-0.15, -0.1) is 0 Å². The van der Waals surface area contributed by atoms with Crippen LogP contribution in [-0.2, 0) is 33.7 Å². The minimum Gasteiger partial charge on any atom is -0.459 e. The van der Waals surface area contributed by atoms with Gasteiger partial charge in [0.25, 0.3) is 0 Å². The second-order valence-corrected chi connectivity index (χ2v) is 8.71. The van der Waals surface area contributed by atoms with E-state index in [2.05, 4.69) is 36.6 Å². The molecule has 2 aromatic carbocycles. The van der Waals surface area contributed by atoms with Gasteiger partial charge < -0.3 is 21.1 Å². The van der Waals surface area contributed by atoms with Crippen molar-refractivity contribution < 1.29 is 23.1 Å². The molecule has 2 unspecified atom stereocenters. The summed E-state index contributed by atoms with van der Waals surface area (Å²) in [5.41, 5.74) is 8.95. The van der Waals surface area contributed by atoms with E-state index in [1.54, 1.807) is 0 Å². The highest BCUT2D eigenvalue weighted by atomic mass is 19.1. The van der Waals surface area contributed by atoms with E-state index < -0.39 is 42.1 Å². The summed E-state index contributed by atoms with van der Waals surface area (Å²) in [6, 6.07) is 10.6. The summed E-state index contributed by atoms with van der Waals surface area (Å²) in [5.74, 6) is -2.50. The Morgan fingerprint density at radius 3 is 2.40 bits per heavy atom. The number of benzene rings is 2. The number of hydrogen-bond acceptors (Lipinski definition) is 5. The van der Waals surface area contributed by atoms with Crippen LogP contribution in [0.25, 0.3) is 0 Å². The molecule has 0 saturated heterocycles. The monoisotopic (exact) mass is 489 g/mol. The number of carbonyl (C=O) groups excluding carboxylic acids is 2. The molecule has 8 heteroatoms. The Kier molecular flexibility index (Phi) is 12.3. The van der Waals surface area contributed by atoms with Crippen molar-refractivity contribution in [3.63, 3.8) is 0 Å². The van der Waals surface area contributed by atoms with Gasteiger partial charge in [0, 0.05) is 31.7 Å². The molecule has 4 N–H and O–H groups in total. The Morgan fingerprint density at radius 1 is 1.00 bits per heavy atom. The summed E-state index contributed by atoms with van der Waals surface area (Å²) in [6.45, 7) is 5.40. The maximum atomic E-state index is 13.6. The predicted molar refractivity (Wildman–Crippen MR) is 133 cm³/mol. The van der Waals surface area contributed by atoms with Gasteiger partial charge in [0.05, 0.1) is 0 Å². The summed E-state index contributed by atoms with van der Waals surface area (Å²) in [7, 11) is 0. The van der Waals surface area contributed by atoms with Gasteiger partial charge in [0.1, 0.15) is 24.2 Å². The van der Waals surface area contributed by atoms with E-state index in [4.69, 9.17) is 10.5 Å². The van der Waals surface area contributed by atoms with E-state index in [9.17, 15) is 18.4 Å². The van der Waals surface area contributed by atoms with Crippen molar-refractivity contribution in [3.05, 3.63) is 70.8 Å². The third-order valence-electron chi connectivity index (χ3n) is 5.64. The Hall–Kier alpha value is -2.84. The van der Waals surface area contributed by atoms with Crippen LogP contribution in [0.2, 0.25) is 0 Å². The van der Waals surface area contributed by atoms with E-state index >= 15 is 0 Å². The number of amides is 1. The number of esters is 1. The second kappa shape index (κ2) is 15.2. The van der Waals surface area contributed by atoms with E-state index in [1.165, 1.54) is 17.7 Å². The van der Waals surface area contributed by atoms with Crippen molar-refractivity contribution in [3.8, 4) is 0 Å². The topological polar surface area (TPSA) is 93.5 Å². The molecule has 0 fully saturated rings. The first-order valence-corrected chi connectivity index (χ1v) is 12.3. The molecule has 35 heavy (non-hydrogen) atoms. The summed E-state index contributed by atoms with van der Waals surface area (Å²) in [5, 5.41) is 5.95. The number of unbranched alkanes of at least 4 members (excludes halogenated alkanes) is 2. The Balaban J connectivity index is 1.99. The van der Waals surface area contributed by atoms with Gasteiger partial charge in [0.2, 0.25) is 5.91 Å². The van der Waals surface area contributed by atoms with Gasteiger partial charge in [-0.1, -0.05) is 51.0 Å². The van der Waals surface area contributed by atoms with E-state index in [0.29, 0.717) is 18.7 Å². The number of halogens is 2. The quantitative estimate of drug-likeness (QED) is 0.201. The predicted octanol–water partition coefficient (Wildman–Crippen LogP) is 3.80. The summed E-state index contributed by atoms with van der Waals surface area (Å²) >= 11 is 0. The first-order chi connectivity index (χ1) is 16.8. The molecule has 0 aliphatic carbocycles. The maximum absolute atomic E-state index is 13.6. The molecule has 2 aromatic rings. The lowest BCUT2D eigenvalue weighted by atomic mass is 10.0. The van der Waals surface area contributed by atoms with Gasteiger partial charge in [0.15, 0.2) is 0 Å². The number of nitrogens with two attached hydrogens (primary N) is 1. The second-order valence-electron chi connectivity index (χ2n) is 8.71. The number of hydrogen-bond donors (Lipinski definition) is 3. The van der Waals surface area contributed by atoms with Crippen molar-refractivity contribution in [2.45, 2.75) is 71.1 Å². The van der Waals surface area contributed by atoms with Crippen LogP contribution in [0.3, 0.4) is 0 Å². The summed E-state index contributed by atoms with van der Waals surface area (Å²) < 4.78 is 32.8. The standard InChI is InChI=1S/C27H37F2N3O3/c1-3-5-6-10-32-26(33)16-27(34)35-25(18-31-17-20-9-7-8-19(4-2)11-20)24(30)14-21-12-22(28)15-23(29)13-21/h7-9,11-13,15,24-25,31H,3-6,10,14,16-18,30H2,1-2H3,(H,32,33). The lowest BCUT2D eigenvalue weighted by Crippen LogP contribution is -2.46. The molecule has 0 radical (unpaired) electrons. The number of rotatable bonds is 15. The molecule has 0 bridgehead atoms. The van der Waals surface area contributed by atoms with Crippen LogP contribution in [0, 0.1) is 11.6 Å². The van der Waals surface area contributed by atoms with Crippen molar-refractivity contribution >= 4 is 11.9 Å². The van der Waals surface area contributed by atoms with Crippen molar-refractivity contribution in [2.24, 2.45) is 5.73 Å². The van der Waals surface area contributed by atoms with Crippen LogP contribution in [0.5, 0.6) is 0 Å². The molecular formula is C27H37F2N3O3. The minimum absolute atomic E-state index is 0.100. The van der Waals surface area contributed by atoms with Crippen LogP contribution in [-0.4, -0.2) is 37.1 Å². The van der Waals surface area contributed by atoms with Gasteiger partial charge in [-0.3, -0.25) is 9.59 Å². The van der Waals surface area contributed by atoms with Crippen LogP contribution >= 0.6 is 0 Å². The fraction of sp³-hybridized carbons (Fsp3) is 0.481. The molecule has 0 saturated carbocycles. The van der Waals surface area contributed by atoms with Crippen molar-refractivity contribution in [2.75, 3.05) is 13.1 Å². The minimum atomic E-state index is -0.795. The van der Waals surface area contributed by atoms with E-state index in [-0.39, 0.29) is 13.0 Å². The van der Waals surface area contributed by atoms with Crippen LogP contribution in [0.15, 0.2) is 42.5 Å². The van der Waals surface area contributed by atoms with Crippen LogP contribution < -0.4 is 16.4 Å². The zero-order valence-corrected chi connectivity index (χ0v) is 20.6. The lowest BCUT2D eigenvalue weighted by molar-refractivity contribution is -0.152. The fourth-order valence-electron chi connectivity index (χ4n) is 3.74. The highest BCUT2D eigenvalue weighted by Gasteiger charge is 2.24. The molecule has 0 spiro atoms. The first kappa shape index (κ1) is 28.4. The van der Waals surface area contributed by atoms with Gasteiger partial charge in [-0.2, -0.15) is 0 Å². The number of carbonyl (C=O) groups is 2. The van der Waals surface area contributed by atoms with E-state index in [1.807, 2.05) is 12.1 Å². The fourth-order valence-corrected chi connectivity index (χ4v) is 3.74. The Labute approximate surface area is 206 Å². The molecule has 2 rings (SSSR count). The van der Waals surface area contributed by atoms with Gasteiger partial charge in [-0.25, -0.2) is 8.78 Å². The Bertz CT molecular complexity index is 935. The van der Waals surface area contributed by atoms with Gasteiger partial charge in [-0.05, 0) is 48.1 Å². The largest absolute Gasteiger partial charge is 0.459 e. The SMILES string of the molecule is CCCCCNC(=O)CC(=O)OC(CNCc1cccc(CC)c1)C(N)Cc1cc(F)cc(F)c1. The molecule has 2 atom stereocenters. The third kappa shape index (κ3) is 11.0. The van der Waals surface area contributed by atoms with Crippen LogP contribution in [0.4, 0.5) is 8.78 Å². The number of nitrogens with one attached hydrogen (secondary N) is 2. The molecular weight excluding hydrogens is 452 g/mol. The smallest absolute Gasteiger partial charge is 0.315 e. The maximum Gasteiger partial charge on any atom is 0.315 e. The molecule has 1 amide bonds. The highest BCUT2D eigenvalue weighted by molar-refractivity contribution is 5.94. The molecule has 0 aliphatic rings. The third-order valence-corrected chi connectivity index (χ3v) is 5.64. The zero-order valence-electron chi connectivity index (χ0n) is 20.6. The average Bonchev–Trinajstić information content (AvgIpc) is 2.80. The number of ether oxygens (including phenoxy) is 1. The summed E-state index contributed by atoms with van der Waals surface area (Å²) in [4.78, 5) is 24.5. The van der Waals surface area contributed by atoms with Gasteiger partial charge >= 0.3 is 5.97 Å². The molecule has 0 aromatic heterocycles. The van der Waals surface area contributed by atoms with E-state index in [0.717, 1.165) is 37.3 Å². The normalized spacial score (nSPS) is 12.7. The Morgan fingerprint density at radius 2 is 1.71 bits per heavy atom. The zero-order chi connectivity index (χ0) is 25.6. The summed E-state index contributed by atoms with van der Waals surface area (Å²) in [6.07, 6.45) is 2.68. The molecule has 0 aliphatic heterocycles. The average molecular weight is 490 g/mol. The van der Waals surface area contributed by atoms with Crippen LogP contribution in [0.1, 0.15) is 56.2 Å².